The maximum absolute atomic E-state index is 4.22. The van der Waals surface area contributed by atoms with Crippen LogP contribution in [-0.4, -0.2) is 69.8 Å². The molecular weight excluding hydrogens is 350 g/mol. The number of unbranched alkanes of at least 4 members (excludes halogenated alkanes) is 3. The van der Waals surface area contributed by atoms with Crippen molar-refractivity contribution >= 4 is 69.8 Å². The van der Waals surface area contributed by atoms with Crippen LogP contribution in [-0.2, 0) is 0 Å². The van der Waals surface area contributed by atoms with Gasteiger partial charge in [0.05, 0.1) is 0 Å². The summed E-state index contributed by atoms with van der Waals surface area (Å²) < 4.78 is 6.34. The molecule has 0 saturated heterocycles. The Morgan fingerprint density at radius 2 is 1.17 bits per heavy atom. The van der Waals surface area contributed by atoms with Gasteiger partial charge in [0.15, 0.2) is 0 Å². The molecule has 0 spiro atoms. The molecule has 0 aromatic carbocycles. The zero-order valence-corrected chi connectivity index (χ0v) is 19.8. The molecule has 0 fully saturated rings. The van der Waals surface area contributed by atoms with Gasteiger partial charge in [0.1, 0.15) is 0 Å². The van der Waals surface area contributed by atoms with Crippen molar-refractivity contribution in [3.8, 4) is 0 Å². The summed E-state index contributed by atoms with van der Waals surface area (Å²) in [5.41, 5.74) is 1.48. The second-order valence-electron chi connectivity index (χ2n) is 5.94. The summed E-state index contributed by atoms with van der Waals surface area (Å²) in [5, 5.41) is 0. The first-order chi connectivity index (χ1) is 8.10. The summed E-state index contributed by atoms with van der Waals surface area (Å²) in [6.07, 6.45) is 8.59. The molecule has 0 aliphatic carbocycles. The van der Waals surface area contributed by atoms with Crippen molar-refractivity contribution in [3.63, 3.8) is 0 Å². The summed E-state index contributed by atoms with van der Waals surface area (Å²) in [6.45, 7) is 13.5. The van der Waals surface area contributed by atoms with Crippen LogP contribution < -0.4 is 0 Å². The maximum Gasteiger partial charge on any atom is 0 e. The third-order valence-electron chi connectivity index (χ3n) is 3.86. The summed E-state index contributed by atoms with van der Waals surface area (Å²) in [5.74, 6) is 0. The smallest absolute Gasteiger partial charge is 0 e. The Bertz CT molecular complexity index is 179. The first kappa shape index (κ1) is 22.5. The van der Waals surface area contributed by atoms with Crippen LogP contribution in [0, 0.1) is 0 Å². The minimum Gasteiger partial charge on any atom is 0 e. The second-order valence-corrected chi connectivity index (χ2v) is 19.8. The Morgan fingerprint density at radius 3 is 1.39 bits per heavy atom. The van der Waals surface area contributed by atoms with Crippen LogP contribution in [0.25, 0.3) is 0 Å². The Kier molecular flexibility index (Phi) is 17.6. The van der Waals surface area contributed by atoms with Gasteiger partial charge in [0.25, 0.3) is 0 Å². The summed E-state index contributed by atoms with van der Waals surface area (Å²) in [7, 11) is 0. The van der Waals surface area contributed by atoms with Crippen LogP contribution in [0.1, 0.15) is 66.2 Å². The Labute approximate surface area is 163 Å². The molecule has 18 heavy (non-hydrogen) atoms. The Morgan fingerprint density at radius 1 is 0.833 bits per heavy atom. The van der Waals surface area contributed by atoms with Gasteiger partial charge in [-0.25, -0.2) is 0 Å². The minimum absolute atomic E-state index is 0. The van der Waals surface area contributed by atoms with Crippen molar-refractivity contribution in [3.05, 3.63) is 12.2 Å². The molecule has 0 amide bonds. The van der Waals surface area contributed by atoms with Crippen LogP contribution in [0.2, 0.25) is 17.7 Å². The number of rotatable bonds is 11. The average Bonchev–Trinajstić information content (AvgIpc) is 2.30. The predicted octanol–water partition coefficient (Wildman–Crippen LogP) is 6.03. The molecule has 0 aliphatic rings. The van der Waals surface area contributed by atoms with Crippen LogP contribution in [0.5, 0.6) is 0 Å². The van der Waals surface area contributed by atoms with Gasteiger partial charge >= 0.3 is 114 Å². The fourth-order valence-electron chi connectivity index (χ4n) is 2.94. The van der Waals surface area contributed by atoms with E-state index in [0.29, 0.717) is 0 Å². The number of hydrogen-bond donors (Lipinski definition) is 0. The zero-order valence-electron chi connectivity index (χ0n) is 13.8. The van der Waals surface area contributed by atoms with Crippen molar-refractivity contribution in [1.82, 2.24) is 0 Å². The largest absolute Gasteiger partial charge is 0 e. The summed E-state index contributed by atoms with van der Waals surface area (Å²) in [6, 6.07) is 0. The van der Waals surface area contributed by atoms with E-state index in [0.717, 1.165) is 0 Å². The minimum atomic E-state index is -1.84. The van der Waals surface area contributed by atoms with Crippen LogP contribution >= 0.6 is 0 Å². The van der Waals surface area contributed by atoms with Gasteiger partial charge in [-0.3, -0.25) is 0 Å². The van der Waals surface area contributed by atoms with Gasteiger partial charge in [0, 0.05) is 51.4 Å². The van der Waals surface area contributed by atoms with E-state index in [4.69, 9.17) is 0 Å². The molecule has 0 rings (SSSR count). The van der Waals surface area contributed by atoms with E-state index in [1.165, 1.54) is 48.5 Å². The molecule has 0 N–H and O–H groups in total. The molecule has 103 valence electrons. The molecule has 1 radical (unpaired) electrons. The second kappa shape index (κ2) is 14.1. The van der Waals surface area contributed by atoms with Gasteiger partial charge in [-0.05, 0) is 0 Å². The first-order valence-electron chi connectivity index (χ1n) is 7.74. The molecule has 0 unspecified atom stereocenters. The molecule has 2 heteroatoms. The quantitative estimate of drug-likeness (QED) is 0.301. The third kappa shape index (κ3) is 10.9. The molecule has 0 aromatic heterocycles. The van der Waals surface area contributed by atoms with Crippen LogP contribution in [0.15, 0.2) is 12.2 Å². The Balaban J connectivity index is 0. The third-order valence-corrected chi connectivity index (χ3v) is 19.8. The molecule has 0 bridgehead atoms. The van der Waals surface area contributed by atoms with Crippen LogP contribution in [0.3, 0.4) is 0 Å². The summed E-state index contributed by atoms with van der Waals surface area (Å²) >= 11 is -1.84. The molecule has 0 atom stereocenters. The molecule has 0 heterocycles. The van der Waals surface area contributed by atoms with Gasteiger partial charge in [0.2, 0.25) is 0 Å². The van der Waals surface area contributed by atoms with E-state index in [1.807, 2.05) is 0 Å². The van der Waals surface area contributed by atoms with Crippen LogP contribution in [0.4, 0.5) is 0 Å². The monoisotopic (exact) mass is 385 g/mol. The van der Waals surface area contributed by atoms with Crippen molar-refractivity contribution < 1.29 is 0 Å². The Hall–Kier alpha value is 2.18. The van der Waals surface area contributed by atoms with E-state index >= 15 is 0 Å². The standard InChI is InChI=1S/C4H7.3C4H9.K.Sn/c1-4(2)3;3*1-3-4-2;;/h1-2H2,3H3;3*1,3-4H2,2H3;;. The van der Waals surface area contributed by atoms with E-state index in [-0.39, 0.29) is 51.4 Å². The molecule has 0 aliphatic heterocycles. The van der Waals surface area contributed by atoms with Gasteiger partial charge in [-0.2, -0.15) is 0 Å². The van der Waals surface area contributed by atoms with Crippen molar-refractivity contribution in [1.29, 1.82) is 0 Å². The SMILES string of the molecule is C=C(C)[CH2][Sn]([CH2]CCC)([CH2]CCC)[CH2]CCC.[K]. The summed E-state index contributed by atoms with van der Waals surface area (Å²) in [4.78, 5) is 0. The zero-order chi connectivity index (χ0) is 13.1. The maximum atomic E-state index is 4.22. The van der Waals surface area contributed by atoms with Crippen molar-refractivity contribution in [2.45, 2.75) is 84.0 Å². The normalized spacial score (nSPS) is 11.1. The first-order valence-corrected chi connectivity index (χ1v) is 15.8. The van der Waals surface area contributed by atoms with Gasteiger partial charge < -0.3 is 0 Å². The van der Waals surface area contributed by atoms with Gasteiger partial charge in [-0.15, -0.1) is 0 Å². The fourth-order valence-corrected chi connectivity index (χ4v) is 19.7. The molecule has 0 nitrogen and oxygen atoms in total. The molecular formula is C16H34KSn. The number of hydrogen-bond acceptors (Lipinski definition) is 0. The van der Waals surface area contributed by atoms with E-state index in [9.17, 15) is 0 Å². The van der Waals surface area contributed by atoms with Crippen molar-refractivity contribution in [2.75, 3.05) is 0 Å². The van der Waals surface area contributed by atoms with E-state index in [1.54, 1.807) is 13.3 Å². The fraction of sp³-hybridized carbons (Fsp3) is 0.875. The topological polar surface area (TPSA) is 0 Å². The van der Waals surface area contributed by atoms with E-state index in [2.05, 4.69) is 34.3 Å². The van der Waals surface area contributed by atoms with Gasteiger partial charge in [-0.1, -0.05) is 0 Å². The van der Waals surface area contributed by atoms with E-state index < -0.39 is 18.4 Å². The molecule has 0 saturated carbocycles. The van der Waals surface area contributed by atoms with Crippen molar-refractivity contribution in [2.24, 2.45) is 0 Å². The predicted molar refractivity (Wildman–Crippen MR) is 90.3 cm³/mol. The molecule has 0 aromatic rings. The number of allylic oxidation sites excluding steroid dienone is 1. The average molecular weight is 384 g/mol.